The van der Waals surface area contributed by atoms with Gasteiger partial charge in [0.1, 0.15) is 0 Å². The van der Waals surface area contributed by atoms with Gasteiger partial charge in [-0.3, -0.25) is 4.79 Å². The second kappa shape index (κ2) is 8.59. The molecule has 0 aromatic heterocycles. The van der Waals surface area contributed by atoms with Crippen LogP contribution in [0.5, 0.6) is 0 Å². The molecule has 1 amide bonds. The van der Waals surface area contributed by atoms with Crippen LogP contribution in [0.15, 0.2) is 23.1 Å². The second-order valence-corrected chi connectivity index (χ2v) is 13.2. The Kier molecular flexibility index (Phi) is 6.09. The SMILES string of the molecule is Cc1c(Cl)cccc1S(=O)(=O)N1CCCC(CC(=O)NC23CC4CCC[C@@H](C2)C(C4)C3)C1. The van der Waals surface area contributed by atoms with E-state index in [2.05, 4.69) is 5.32 Å². The zero-order valence-electron chi connectivity index (χ0n) is 19.0. The molecule has 32 heavy (non-hydrogen) atoms. The minimum absolute atomic E-state index is 0.00802. The maximum Gasteiger partial charge on any atom is 0.243 e. The molecule has 5 nitrogen and oxygen atoms in total. The molecule has 0 radical (unpaired) electrons. The summed E-state index contributed by atoms with van der Waals surface area (Å²) in [5.41, 5.74) is 0.598. The van der Waals surface area contributed by atoms with E-state index in [9.17, 15) is 13.2 Å². The molecule has 3 bridgehead atoms. The first-order valence-electron chi connectivity index (χ1n) is 12.3. The number of nitrogens with one attached hydrogen (secondary N) is 1. The number of rotatable bonds is 5. The number of amides is 1. The van der Waals surface area contributed by atoms with Crippen molar-refractivity contribution in [3.05, 3.63) is 28.8 Å². The van der Waals surface area contributed by atoms with Crippen LogP contribution in [0.4, 0.5) is 0 Å². The summed E-state index contributed by atoms with van der Waals surface area (Å²) in [5, 5.41) is 3.94. The summed E-state index contributed by atoms with van der Waals surface area (Å²) in [6, 6.07) is 5.03. The number of benzene rings is 1. The van der Waals surface area contributed by atoms with Crippen LogP contribution in [-0.2, 0) is 14.8 Å². The Morgan fingerprint density at radius 3 is 2.81 bits per heavy atom. The van der Waals surface area contributed by atoms with E-state index in [0.717, 1.165) is 49.9 Å². The lowest BCUT2D eigenvalue weighted by molar-refractivity contribution is -0.124. The number of fused-ring (bicyclic) bond motifs is 2. The molecule has 176 valence electrons. The van der Waals surface area contributed by atoms with Gasteiger partial charge in [0, 0.05) is 30.1 Å². The fourth-order valence-corrected chi connectivity index (χ4v) is 9.37. The Balaban J connectivity index is 1.24. The first-order valence-corrected chi connectivity index (χ1v) is 14.1. The third-order valence-corrected chi connectivity index (χ3v) is 11.1. The van der Waals surface area contributed by atoms with Crippen molar-refractivity contribution in [1.82, 2.24) is 9.62 Å². The van der Waals surface area contributed by atoms with E-state index in [-0.39, 0.29) is 22.3 Å². The smallest absolute Gasteiger partial charge is 0.243 e. The quantitative estimate of drug-likeness (QED) is 0.653. The number of sulfonamides is 1. The molecule has 1 saturated heterocycles. The van der Waals surface area contributed by atoms with Gasteiger partial charge in [0.15, 0.2) is 0 Å². The third-order valence-electron chi connectivity index (χ3n) is 8.67. The summed E-state index contributed by atoms with van der Waals surface area (Å²) in [4.78, 5) is 13.4. The standard InChI is InChI=1S/C25H35ClN2O3S/c1-17-22(26)8-3-9-23(17)32(30,31)28-10-4-6-19(16-28)12-24(29)27-25-13-18-5-2-7-20(14-25)21(11-18)15-25/h3,8-9,18-21H,2,4-7,10-16H2,1H3,(H,27,29)/t18?,19?,20-,21?,25?/m0/s1. The van der Waals surface area contributed by atoms with Crippen molar-refractivity contribution in [2.24, 2.45) is 23.7 Å². The summed E-state index contributed by atoms with van der Waals surface area (Å²) in [6.07, 6.45) is 10.9. The van der Waals surface area contributed by atoms with Crippen molar-refractivity contribution < 1.29 is 13.2 Å². The molecule has 3 aliphatic carbocycles. The Morgan fingerprint density at radius 2 is 1.97 bits per heavy atom. The highest BCUT2D eigenvalue weighted by atomic mass is 35.5. The molecule has 1 heterocycles. The summed E-state index contributed by atoms with van der Waals surface area (Å²) >= 11 is 6.18. The molecule has 5 atom stereocenters. The Morgan fingerprint density at radius 1 is 1.16 bits per heavy atom. The topological polar surface area (TPSA) is 66.5 Å². The van der Waals surface area contributed by atoms with Gasteiger partial charge in [0.2, 0.25) is 15.9 Å². The summed E-state index contributed by atoms with van der Waals surface area (Å²) in [5.74, 6) is 2.55. The van der Waals surface area contributed by atoms with Crippen molar-refractivity contribution in [3.8, 4) is 0 Å². The number of carbonyl (C=O) groups is 1. The van der Waals surface area contributed by atoms with Crippen LogP contribution in [0.25, 0.3) is 0 Å². The van der Waals surface area contributed by atoms with Gasteiger partial charge in [-0.1, -0.05) is 36.9 Å². The van der Waals surface area contributed by atoms with Crippen molar-refractivity contribution in [2.75, 3.05) is 13.1 Å². The Bertz CT molecular complexity index is 993. The molecule has 7 heteroatoms. The average Bonchev–Trinajstić information content (AvgIpc) is 2.89. The highest BCUT2D eigenvalue weighted by molar-refractivity contribution is 7.89. The van der Waals surface area contributed by atoms with Gasteiger partial charge in [-0.15, -0.1) is 0 Å². The van der Waals surface area contributed by atoms with Crippen LogP contribution < -0.4 is 5.32 Å². The predicted molar refractivity (Wildman–Crippen MR) is 126 cm³/mol. The fraction of sp³-hybridized carbons (Fsp3) is 0.720. The molecule has 4 fully saturated rings. The zero-order chi connectivity index (χ0) is 22.5. The number of halogens is 1. The van der Waals surface area contributed by atoms with Crippen molar-refractivity contribution >= 4 is 27.5 Å². The lowest BCUT2D eigenvalue weighted by Crippen LogP contribution is -2.50. The minimum Gasteiger partial charge on any atom is -0.351 e. The molecular weight excluding hydrogens is 444 g/mol. The molecule has 4 aliphatic rings. The van der Waals surface area contributed by atoms with E-state index in [1.54, 1.807) is 29.4 Å². The van der Waals surface area contributed by atoms with Gasteiger partial charge in [-0.2, -0.15) is 4.31 Å². The molecule has 4 unspecified atom stereocenters. The number of nitrogens with zero attached hydrogens (tertiary/aromatic N) is 1. The second-order valence-electron chi connectivity index (χ2n) is 10.9. The third kappa shape index (κ3) is 4.23. The van der Waals surface area contributed by atoms with E-state index < -0.39 is 10.0 Å². The number of hydrogen-bond donors (Lipinski definition) is 1. The van der Waals surface area contributed by atoms with E-state index in [1.807, 2.05) is 0 Å². The summed E-state index contributed by atoms with van der Waals surface area (Å²) in [7, 11) is -3.61. The monoisotopic (exact) mass is 478 g/mol. The molecule has 0 spiro atoms. The minimum atomic E-state index is -3.61. The normalized spacial score (nSPS) is 34.9. The van der Waals surface area contributed by atoms with Crippen molar-refractivity contribution in [2.45, 2.75) is 81.6 Å². The van der Waals surface area contributed by atoms with Crippen molar-refractivity contribution in [3.63, 3.8) is 0 Å². The molecule has 1 aliphatic heterocycles. The van der Waals surface area contributed by atoms with Crippen LogP contribution >= 0.6 is 11.6 Å². The highest BCUT2D eigenvalue weighted by Crippen LogP contribution is 2.55. The summed E-state index contributed by atoms with van der Waals surface area (Å²) in [6.45, 7) is 2.65. The number of piperidine rings is 1. The maximum atomic E-state index is 13.3. The molecule has 1 aromatic rings. The molecule has 3 saturated carbocycles. The van der Waals surface area contributed by atoms with E-state index in [1.165, 1.54) is 25.7 Å². The van der Waals surface area contributed by atoms with Gasteiger partial charge in [-0.05, 0) is 86.8 Å². The van der Waals surface area contributed by atoms with Gasteiger partial charge in [-0.25, -0.2) is 8.42 Å². The first kappa shape index (κ1) is 22.7. The van der Waals surface area contributed by atoms with Crippen LogP contribution in [0.3, 0.4) is 0 Å². The van der Waals surface area contributed by atoms with Crippen LogP contribution in [0, 0.1) is 30.6 Å². The number of hydrogen-bond acceptors (Lipinski definition) is 3. The van der Waals surface area contributed by atoms with Crippen LogP contribution in [-0.4, -0.2) is 37.3 Å². The predicted octanol–water partition coefficient (Wildman–Crippen LogP) is 4.91. The lowest BCUT2D eigenvalue weighted by atomic mass is 9.75. The Hall–Kier alpha value is -1.11. The van der Waals surface area contributed by atoms with E-state index in [4.69, 9.17) is 11.6 Å². The van der Waals surface area contributed by atoms with Crippen molar-refractivity contribution in [1.29, 1.82) is 0 Å². The molecule has 1 N–H and O–H groups in total. The number of carbonyl (C=O) groups excluding carboxylic acids is 1. The van der Waals surface area contributed by atoms with E-state index >= 15 is 0 Å². The summed E-state index contributed by atoms with van der Waals surface area (Å²) < 4.78 is 28.1. The van der Waals surface area contributed by atoms with Gasteiger partial charge >= 0.3 is 0 Å². The fourth-order valence-electron chi connectivity index (χ4n) is 7.33. The van der Waals surface area contributed by atoms with Crippen LogP contribution in [0.1, 0.15) is 69.8 Å². The average molecular weight is 479 g/mol. The lowest BCUT2D eigenvalue weighted by Gasteiger charge is -2.39. The largest absolute Gasteiger partial charge is 0.351 e. The molecular formula is C25H35ClN2O3S. The highest BCUT2D eigenvalue weighted by Gasteiger charge is 2.52. The Labute approximate surface area is 197 Å². The van der Waals surface area contributed by atoms with Crippen LogP contribution in [0.2, 0.25) is 5.02 Å². The zero-order valence-corrected chi connectivity index (χ0v) is 20.6. The van der Waals surface area contributed by atoms with E-state index in [0.29, 0.717) is 30.1 Å². The van der Waals surface area contributed by atoms with Gasteiger partial charge < -0.3 is 5.32 Å². The maximum absolute atomic E-state index is 13.3. The first-order chi connectivity index (χ1) is 15.3. The molecule has 1 aromatic carbocycles. The van der Waals surface area contributed by atoms with Gasteiger partial charge in [0.25, 0.3) is 0 Å². The van der Waals surface area contributed by atoms with Gasteiger partial charge in [0.05, 0.1) is 4.90 Å². The molecule has 5 rings (SSSR count).